The van der Waals surface area contributed by atoms with E-state index in [0.29, 0.717) is 5.75 Å². The van der Waals surface area contributed by atoms with Gasteiger partial charge in [0.05, 0.1) is 5.75 Å². The predicted octanol–water partition coefficient (Wildman–Crippen LogP) is 3.45. The fourth-order valence-corrected chi connectivity index (χ4v) is 5.34. The summed E-state index contributed by atoms with van der Waals surface area (Å²) in [6, 6.07) is 0. The minimum atomic E-state index is 0.186. The second kappa shape index (κ2) is 6.54. The van der Waals surface area contributed by atoms with Crippen LogP contribution in [0.25, 0.3) is 10.2 Å². The van der Waals surface area contributed by atoms with Gasteiger partial charge in [-0.1, -0.05) is 11.8 Å². The molecular formula is C16H21N3OS2. The van der Waals surface area contributed by atoms with Crippen LogP contribution in [0.15, 0.2) is 5.03 Å². The molecule has 0 aromatic carbocycles. The maximum Gasteiger partial charge on any atom is 0.232 e. The largest absolute Gasteiger partial charge is 0.343 e. The fraction of sp³-hybridized carbons (Fsp3) is 0.562. The number of amides is 1. The first kappa shape index (κ1) is 15.7. The van der Waals surface area contributed by atoms with Crippen LogP contribution in [0, 0.1) is 6.92 Å². The van der Waals surface area contributed by atoms with Gasteiger partial charge in [0.15, 0.2) is 0 Å². The van der Waals surface area contributed by atoms with Gasteiger partial charge in [0.2, 0.25) is 5.91 Å². The molecule has 2 aromatic heterocycles. The van der Waals surface area contributed by atoms with Crippen LogP contribution in [0.2, 0.25) is 0 Å². The van der Waals surface area contributed by atoms with Gasteiger partial charge in [-0.25, -0.2) is 9.97 Å². The van der Waals surface area contributed by atoms with Crippen molar-refractivity contribution in [2.45, 2.75) is 45.1 Å². The van der Waals surface area contributed by atoms with E-state index in [4.69, 9.17) is 0 Å². The summed E-state index contributed by atoms with van der Waals surface area (Å²) >= 11 is 3.37. The van der Waals surface area contributed by atoms with Gasteiger partial charge >= 0.3 is 0 Å². The van der Waals surface area contributed by atoms with Gasteiger partial charge in [0.1, 0.15) is 15.7 Å². The summed E-state index contributed by atoms with van der Waals surface area (Å²) in [4.78, 5) is 25.9. The Labute approximate surface area is 139 Å². The van der Waals surface area contributed by atoms with Crippen LogP contribution in [0.5, 0.6) is 0 Å². The maximum absolute atomic E-state index is 12.2. The topological polar surface area (TPSA) is 46.1 Å². The number of carbonyl (C=O) groups is 1. The molecule has 0 aliphatic heterocycles. The third-order valence-electron chi connectivity index (χ3n) is 4.09. The van der Waals surface area contributed by atoms with Crippen LogP contribution in [-0.2, 0) is 17.6 Å². The molecule has 0 saturated heterocycles. The Morgan fingerprint density at radius 3 is 2.77 bits per heavy atom. The third-order valence-corrected chi connectivity index (χ3v) is 6.24. The zero-order chi connectivity index (χ0) is 15.7. The van der Waals surface area contributed by atoms with Crippen molar-refractivity contribution < 1.29 is 4.79 Å². The van der Waals surface area contributed by atoms with Crippen molar-refractivity contribution in [3.05, 3.63) is 16.3 Å². The number of nitrogens with zero attached hydrogens (tertiary/aromatic N) is 3. The molecule has 118 valence electrons. The normalized spacial score (nSPS) is 13.6. The van der Waals surface area contributed by atoms with Crippen molar-refractivity contribution in [1.82, 2.24) is 14.9 Å². The van der Waals surface area contributed by atoms with E-state index in [0.717, 1.165) is 41.6 Å². The Morgan fingerprint density at radius 1 is 1.27 bits per heavy atom. The van der Waals surface area contributed by atoms with E-state index in [1.54, 1.807) is 23.1 Å². The third kappa shape index (κ3) is 2.86. The fourth-order valence-electron chi connectivity index (χ4n) is 2.97. The number of aromatic nitrogens is 2. The Kier molecular flexibility index (Phi) is 4.68. The molecule has 22 heavy (non-hydrogen) atoms. The molecule has 0 radical (unpaired) electrons. The quantitative estimate of drug-likeness (QED) is 0.620. The highest BCUT2D eigenvalue weighted by Gasteiger charge is 2.22. The Hall–Kier alpha value is -1.14. The summed E-state index contributed by atoms with van der Waals surface area (Å²) in [5.41, 5.74) is 1.43. The standard InChI is InChI=1S/C16H21N3OS2/c1-4-19(5-2)13(20)9-21-15-14-11-7-6-8-12(11)22-16(14)18-10(3)17-15/h4-9H2,1-3H3. The second-order valence-corrected chi connectivity index (χ2v) is 7.52. The zero-order valence-electron chi connectivity index (χ0n) is 13.3. The molecule has 1 aliphatic rings. The number of aryl methyl sites for hydroxylation is 3. The van der Waals surface area contributed by atoms with Crippen LogP contribution in [0.3, 0.4) is 0 Å². The monoisotopic (exact) mass is 335 g/mol. The van der Waals surface area contributed by atoms with Crippen molar-refractivity contribution in [2.24, 2.45) is 0 Å². The number of fused-ring (bicyclic) bond motifs is 3. The zero-order valence-corrected chi connectivity index (χ0v) is 14.9. The molecule has 3 rings (SSSR count). The van der Waals surface area contributed by atoms with E-state index in [2.05, 4.69) is 9.97 Å². The van der Waals surface area contributed by atoms with Gasteiger partial charge in [-0.15, -0.1) is 11.3 Å². The first-order valence-electron chi connectivity index (χ1n) is 7.83. The van der Waals surface area contributed by atoms with E-state index in [9.17, 15) is 4.79 Å². The average Bonchev–Trinajstić information content (AvgIpc) is 3.06. The van der Waals surface area contributed by atoms with E-state index in [1.807, 2.05) is 25.7 Å². The first-order chi connectivity index (χ1) is 10.6. The van der Waals surface area contributed by atoms with Gasteiger partial charge in [-0.05, 0) is 45.6 Å². The van der Waals surface area contributed by atoms with Crippen molar-refractivity contribution in [3.63, 3.8) is 0 Å². The highest BCUT2D eigenvalue weighted by Crippen LogP contribution is 2.40. The second-order valence-electron chi connectivity index (χ2n) is 5.47. The molecule has 0 unspecified atom stereocenters. The lowest BCUT2D eigenvalue weighted by Gasteiger charge is -2.18. The van der Waals surface area contributed by atoms with Crippen LogP contribution in [0.4, 0.5) is 0 Å². The van der Waals surface area contributed by atoms with Gasteiger partial charge in [-0.2, -0.15) is 0 Å². The molecule has 1 amide bonds. The number of hydrogen-bond acceptors (Lipinski definition) is 5. The van der Waals surface area contributed by atoms with Gasteiger partial charge in [-0.3, -0.25) is 4.79 Å². The predicted molar refractivity (Wildman–Crippen MR) is 92.8 cm³/mol. The van der Waals surface area contributed by atoms with E-state index >= 15 is 0 Å². The lowest BCUT2D eigenvalue weighted by atomic mass is 10.2. The first-order valence-corrected chi connectivity index (χ1v) is 9.63. The van der Waals surface area contributed by atoms with Crippen LogP contribution in [0.1, 0.15) is 36.5 Å². The Morgan fingerprint density at radius 2 is 2.05 bits per heavy atom. The highest BCUT2D eigenvalue weighted by molar-refractivity contribution is 8.00. The lowest BCUT2D eigenvalue weighted by molar-refractivity contribution is -0.127. The molecule has 2 heterocycles. The molecule has 0 spiro atoms. The van der Waals surface area contributed by atoms with Crippen molar-refractivity contribution >= 4 is 39.2 Å². The van der Waals surface area contributed by atoms with E-state index in [-0.39, 0.29) is 5.91 Å². The molecule has 6 heteroatoms. The Bertz CT molecular complexity index is 707. The average molecular weight is 335 g/mol. The van der Waals surface area contributed by atoms with Crippen LogP contribution in [-0.4, -0.2) is 39.6 Å². The van der Waals surface area contributed by atoms with Crippen LogP contribution < -0.4 is 0 Å². The summed E-state index contributed by atoms with van der Waals surface area (Å²) in [5.74, 6) is 1.44. The number of rotatable bonds is 5. The summed E-state index contributed by atoms with van der Waals surface area (Å²) < 4.78 is 0. The lowest BCUT2D eigenvalue weighted by Crippen LogP contribution is -2.31. The number of hydrogen-bond donors (Lipinski definition) is 0. The highest BCUT2D eigenvalue weighted by atomic mass is 32.2. The molecule has 0 atom stereocenters. The van der Waals surface area contributed by atoms with Crippen molar-refractivity contribution in [1.29, 1.82) is 0 Å². The van der Waals surface area contributed by atoms with Gasteiger partial charge < -0.3 is 4.90 Å². The minimum Gasteiger partial charge on any atom is -0.343 e. The molecule has 0 N–H and O–H groups in total. The van der Waals surface area contributed by atoms with E-state index in [1.165, 1.54) is 22.2 Å². The number of carbonyl (C=O) groups excluding carboxylic acids is 1. The minimum absolute atomic E-state index is 0.186. The SMILES string of the molecule is CCN(CC)C(=O)CSc1nc(C)nc2sc3c(c12)CCC3. The van der Waals surface area contributed by atoms with Crippen molar-refractivity contribution in [2.75, 3.05) is 18.8 Å². The maximum atomic E-state index is 12.2. The molecular weight excluding hydrogens is 314 g/mol. The molecule has 0 fully saturated rings. The summed E-state index contributed by atoms with van der Waals surface area (Å²) in [6.45, 7) is 7.50. The van der Waals surface area contributed by atoms with Crippen LogP contribution >= 0.6 is 23.1 Å². The molecule has 1 aliphatic carbocycles. The van der Waals surface area contributed by atoms with Gasteiger partial charge in [0.25, 0.3) is 0 Å². The number of thioether (sulfide) groups is 1. The Balaban J connectivity index is 1.88. The molecule has 4 nitrogen and oxygen atoms in total. The summed E-state index contributed by atoms with van der Waals surface area (Å²) in [5, 5.41) is 2.20. The van der Waals surface area contributed by atoms with Crippen molar-refractivity contribution in [3.8, 4) is 0 Å². The smallest absolute Gasteiger partial charge is 0.232 e. The summed E-state index contributed by atoms with van der Waals surface area (Å²) in [7, 11) is 0. The van der Waals surface area contributed by atoms with Gasteiger partial charge in [0, 0.05) is 23.4 Å². The molecule has 0 saturated carbocycles. The molecule has 2 aromatic rings. The molecule has 0 bridgehead atoms. The summed E-state index contributed by atoms with van der Waals surface area (Å²) in [6.07, 6.45) is 3.52. The van der Waals surface area contributed by atoms with E-state index < -0.39 is 0 Å². The number of thiophene rings is 1.